The SMILES string of the molecule is Cc1nc(C)c(CNc2cccc(F)c2)s1. The Labute approximate surface area is 98.2 Å². The molecule has 2 nitrogen and oxygen atoms in total. The number of hydrogen-bond donors (Lipinski definition) is 1. The number of rotatable bonds is 3. The van der Waals surface area contributed by atoms with Crippen molar-refractivity contribution in [1.82, 2.24) is 4.98 Å². The summed E-state index contributed by atoms with van der Waals surface area (Å²) < 4.78 is 12.9. The van der Waals surface area contributed by atoms with Crippen LogP contribution in [0.1, 0.15) is 15.6 Å². The van der Waals surface area contributed by atoms with Crippen molar-refractivity contribution in [2.45, 2.75) is 20.4 Å². The van der Waals surface area contributed by atoms with Crippen molar-refractivity contribution < 1.29 is 4.39 Å². The normalized spacial score (nSPS) is 10.4. The van der Waals surface area contributed by atoms with Crippen LogP contribution in [0.25, 0.3) is 0 Å². The van der Waals surface area contributed by atoms with Crippen LogP contribution in [0.15, 0.2) is 24.3 Å². The van der Waals surface area contributed by atoms with Gasteiger partial charge in [0.15, 0.2) is 0 Å². The van der Waals surface area contributed by atoms with Crippen LogP contribution in [0.3, 0.4) is 0 Å². The lowest BCUT2D eigenvalue weighted by Gasteiger charge is -2.04. The Morgan fingerprint density at radius 1 is 1.38 bits per heavy atom. The van der Waals surface area contributed by atoms with Crippen LogP contribution in [0.4, 0.5) is 10.1 Å². The van der Waals surface area contributed by atoms with E-state index in [0.717, 1.165) is 16.4 Å². The number of nitrogens with zero attached hydrogens (tertiary/aromatic N) is 1. The lowest BCUT2D eigenvalue weighted by atomic mass is 10.3. The van der Waals surface area contributed by atoms with Gasteiger partial charge in [0.05, 0.1) is 17.2 Å². The summed E-state index contributed by atoms with van der Waals surface area (Å²) >= 11 is 1.67. The number of anilines is 1. The summed E-state index contributed by atoms with van der Waals surface area (Å²) in [7, 11) is 0. The number of thiazole rings is 1. The van der Waals surface area contributed by atoms with Crippen LogP contribution in [0, 0.1) is 19.7 Å². The van der Waals surface area contributed by atoms with Gasteiger partial charge in [-0.1, -0.05) is 6.07 Å². The molecule has 16 heavy (non-hydrogen) atoms. The molecule has 0 amide bonds. The van der Waals surface area contributed by atoms with Gasteiger partial charge in [-0.2, -0.15) is 0 Å². The van der Waals surface area contributed by atoms with Crippen LogP contribution < -0.4 is 5.32 Å². The predicted octanol–water partition coefficient (Wildman–Crippen LogP) is 3.51. The van der Waals surface area contributed by atoms with Crippen molar-refractivity contribution in [2.75, 3.05) is 5.32 Å². The van der Waals surface area contributed by atoms with Gasteiger partial charge >= 0.3 is 0 Å². The molecular weight excluding hydrogens is 223 g/mol. The van der Waals surface area contributed by atoms with Crippen LogP contribution >= 0.6 is 11.3 Å². The minimum atomic E-state index is -0.220. The molecule has 0 radical (unpaired) electrons. The van der Waals surface area contributed by atoms with Crippen molar-refractivity contribution in [3.63, 3.8) is 0 Å². The number of nitrogens with one attached hydrogen (secondary N) is 1. The van der Waals surface area contributed by atoms with Crippen LogP contribution in [-0.2, 0) is 6.54 Å². The second-order valence-electron chi connectivity index (χ2n) is 3.61. The van der Waals surface area contributed by atoms with Crippen molar-refractivity contribution >= 4 is 17.0 Å². The second kappa shape index (κ2) is 4.61. The zero-order valence-corrected chi connectivity index (χ0v) is 10.1. The average molecular weight is 236 g/mol. The third-order valence-corrected chi connectivity index (χ3v) is 3.35. The summed E-state index contributed by atoms with van der Waals surface area (Å²) in [5, 5.41) is 4.25. The molecule has 2 rings (SSSR count). The maximum absolute atomic E-state index is 12.9. The first-order valence-electron chi connectivity index (χ1n) is 5.07. The van der Waals surface area contributed by atoms with Gasteiger partial charge in [-0.15, -0.1) is 11.3 Å². The topological polar surface area (TPSA) is 24.9 Å². The maximum atomic E-state index is 12.9. The van der Waals surface area contributed by atoms with Crippen LogP contribution in [0.2, 0.25) is 0 Å². The van der Waals surface area contributed by atoms with Gasteiger partial charge in [0.25, 0.3) is 0 Å². The van der Waals surface area contributed by atoms with Crippen LogP contribution in [0.5, 0.6) is 0 Å². The summed E-state index contributed by atoms with van der Waals surface area (Å²) in [5.41, 5.74) is 1.84. The van der Waals surface area contributed by atoms with Gasteiger partial charge in [0, 0.05) is 10.6 Å². The van der Waals surface area contributed by atoms with Crippen molar-refractivity contribution in [2.24, 2.45) is 0 Å². The summed E-state index contributed by atoms with van der Waals surface area (Å²) in [6.45, 7) is 4.68. The first kappa shape index (κ1) is 11.1. The molecule has 0 spiro atoms. The fourth-order valence-corrected chi connectivity index (χ4v) is 2.40. The Morgan fingerprint density at radius 2 is 2.19 bits per heavy atom. The molecule has 0 aliphatic carbocycles. The number of aromatic nitrogens is 1. The van der Waals surface area contributed by atoms with Gasteiger partial charge in [-0.25, -0.2) is 9.37 Å². The number of benzene rings is 1. The molecule has 0 atom stereocenters. The lowest BCUT2D eigenvalue weighted by Crippen LogP contribution is -1.99. The van der Waals surface area contributed by atoms with E-state index in [1.54, 1.807) is 17.4 Å². The molecule has 0 aliphatic heterocycles. The highest BCUT2D eigenvalue weighted by molar-refractivity contribution is 7.11. The largest absolute Gasteiger partial charge is 0.380 e. The molecule has 1 heterocycles. The second-order valence-corrected chi connectivity index (χ2v) is 4.89. The lowest BCUT2D eigenvalue weighted by molar-refractivity contribution is 0.628. The fourth-order valence-electron chi connectivity index (χ4n) is 1.52. The predicted molar refractivity (Wildman–Crippen MR) is 65.3 cm³/mol. The van der Waals surface area contributed by atoms with E-state index in [1.807, 2.05) is 19.9 Å². The minimum Gasteiger partial charge on any atom is -0.380 e. The quantitative estimate of drug-likeness (QED) is 0.882. The minimum absolute atomic E-state index is 0.220. The van der Waals surface area contributed by atoms with E-state index in [4.69, 9.17) is 0 Å². The van der Waals surface area contributed by atoms with E-state index >= 15 is 0 Å². The van der Waals surface area contributed by atoms with Crippen LogP contribution in [-0.4, -0.2) is 4.98 Å². The third-order valence-electron chi connectivity index (χ3n) is 2.28. The highest BCUT2D eigenvalue weighted by Crippen LogP contribution is 2.19. The smallest absolute Gasteiger partial charge is 0.125 e. The first-order chi connectivity index (χ1) is 7.65. The Balaban J connectivity index is 2.05. The molecule has 1 aromatic heterocycles. The zero-order valence-electron chi connectivity index (χ0n) is 9.25. The standard InChI is InChI=1S/C12H13FN2S/c1-8-12(16-9(2)15-8)7-14-11-5-3-4-10(13)6-11/h3-6,14H,7H2,1-2H3. The Hall–Kier alpha value is -1.42. The molecular formula is C12H13FN2S. The van der Waals surface area contributed by atoms with Gasteiger partial charge in [0.2, 0.25) is 0 Å². The maximum Gasteiger partial charge on any atom is 0.125 e. The molecule has 0 fully saturated rings. The molecule has 0 saturated carbocycles. The number of aryl methyl sites for hydroxylation is 2. The molecule has 4 heteroatoms. The van der Waals surface area contributed by atoms with E-state index in [-0.39, 0.29) is 5.82 Å². The summed E-state index contributed by atoms with van der Waals surface area (Å²) in [6, 6.07) is 6.48. The average Bonchev–Trinajstić information content (AvgIpc) is 2.54. The van der Waals surface area contributed by atoms with Gasteiger partial charge in [0.1, 0.15) is 5.82 Å². The fraction of sp³-hybridized carbons (Fsp3) is 0.250. The summed E-state index contributed by atoms with van der Waals surface area (Å²) in [4.78, 5) is 5.54. The molecule has 1 N–H and O–H groups in total. The van der Waals surface area contributed by atoms with E-state index in [2.05, 4.69) is 10.3 Å². The van der Waals surface area contributed by atoms with E-state index in [9.17, 15) is 4.39 Å². The summed E-state index contributed by atoms with van der Waals surface area (Å²) in [6.07, 6.45) is 0. The molecule has 1 aromatic carbocycles. The Kier molecular flexibility index (Phi) is 3.19. The number of halogens is 1. The monoisotopic (exact) mass is 236 g/mol. The van der Waals surface area contributed by atoms with Crippen molar-refractivity contribution in [3.8, 4) is 0 Å². The zero-order chi connectivity index (χ0) is 11.5. The van der Waals surface area contributed by atoms with Gasteiger partial charge in [-0.05, 0) is 32.0 Å². The van der Waals surface area contributed by atoms with Crippen molar-refractivity contribution in [1.29, 1.82) is 0 Å². The Morgan fingerprint density at radius 3 is 2.81 bits per heavy atom. The van der Waals surface area contributed by atoms with Gasteiger partial charge in [-0.3, -0.25) is 0 Å². The highest BCUT2D eigenvalue weighted by atomic mass is 32.1. The molecule has 2 aromatic rings. The first-order valence-corrected chi connectivity index (χ1v) is 5.89. The Bertz CT molecular complexity index is 494. The van der Waals surface area contributed by atoms with E-state index in [0.29, 0.717) is 6.54 Å². The van der Waals surface area contributed by atoms with Crippen molar-refractivity contribution in [3.05, 3.63) is 45.7 Å². The number of hydrogen-bond acceptors (Lipinski definition) is 3. The summed E-state index contributed by atoms with van der Waals surface area (Å²) in [5.74, 6) is -0.220. The third kappa shape index (κ3) is 2.58. The highest BCUT2D eigenvalue weighted by Gasteiger charge is 2.04. The van der Waals surface area contributed by atoms with E-state index in [1.165, 1.54) is 17.0 Å². The molecule has 84 valence electrons. The molecule has 0 bridgehead atoms. The molecule has 0 saturated heterocycles. The van der Waals surface area contributed by atoms with Gasteiger partial charge < -0.3 is 5.32 Å². The van der Waals surface area contributed by atoms with E-state index < -0.39 is 0 Å². The molecule has 0 unspecified atom stereocenters. The molecule has 0 aliphatic rings.